The molecule has 2 fully saturated rings. The minimum absolute atomic E-state index is 0.0113. The fourth-order valence-corrected chi connectivity index (χ4v) is 4.15. The van der Waals surface area contributed by atoms with Crippen molar-refractivity contribution in [1.82, 2.24) is 30.7 Å². The number of hydrogen-bond donors (Lipinski definition) is 4. The van der Waals surface area contributed by atoms with Crippen molar-refractivity contribution in [2.45, 2.75) is 44.6 Å². The first-order valence-electron chi connectivity index (χ1n) is 12.0. The van der Waals surface area contributed by atoms with Crippen LogP contribution in [0.25, 0.3) is 0 Å². The third kappa shape index (κ3) is 11.4. The van der Waals surface area contributed by atoms with E-state index in [2.05, 4.69) is 37.7 Å². The van der Waals surface area contributed by atoms with Gasteiger partial charge in [-0.3, -0.25) is 29.0 Å². The van der Waals surface area contributed by atoms with E-state index in [1.807, 2.05) is 0 Å². The summed E-state index contributed by atoms with van der Waals surface area (Å²) >= 11 is 0. The first-order valence-corrected chi connectivity index (χ1v) is 12.0. The highest BCUT2D eigenvalue weighted by Gasteiger charge is 2.28. The lowest BCUT2D eigenvalue weighted by molar-refractivity contribution is -0.137. The molecule has 2 aliphatic heterocycles. The fraction of sp³-hybridized carbons (Fsp3) is 0.818. The zero-order valence-electron chi connectivity index (χ0n) is 19.8. The second-order valence-electron chi connectivity index (χ2n) is 8.92. The van der Waals surface area contributed by atoms with Crippen molar-refractivity contribution in [1.29, 1.82) is 0 Å². The fourth-order valence-electron chi connectivity index (χ4n) is 4.15. The highest BCUT2D eigenvalue weighted by Crippen LogP contribution is 2.18. The smallest absolute Gasteiger partial charge is 0.303 e. The monoisotopic (exact) mass is 482 g/mol. The van der Waals surface area contributed by atoms with Gasteiger partial charge in [0, 0.05) is 77.7 Å². The zero-order valence-corrected chi connectivity index (χ0v) is 19.8. The number of carboxylic acids is 1. The second-order valence-corrected chi connectivity index (χ2v) is 8.92. The largest absolute Gasteiger partial charge is 0.481 e. The number of nitrogens with one attached hydrogen (secondary N) is 3. The van der Waals surface area contributed by atoms with Crippen LogP contribution >= 0.6 is 0 Å². The topological polar surface area (TPSA) is 134 Å². The highest BCUT2D eigenvalue weighted by molar-refractivity contribution is 5.81. The maximum Gasteiger partial charge on any atom is 0.303 e. The first kappa shape index (κ1) is 27.0. The SMILES string of the molecule is CN1CCN([13CH2][13CH]2[13CH2][13CH2][13CH2][15N]2CC(=O)[15NH][13CH2][13CH2][13C](=O)[15NH][13CH2][13CH2][13C](=O)NCCCC(=O)O)CC1. The Morgan fingerprint density at radius 1 is 0.818 bits per heavy atom. The van der Waals surface area contributed by atoms with E-state index in [9.17, 15) is 19.2 Å². The standard InChI is InChI=1S/C22H40N6O5/c1-26-12-14-27(15-13-26)16-18-4-3-11-28(18)17-21(31)25-10-7-20(30)24-9-6-19(29)23-8-2-5-22(32)33/h18H,2-17H2,1H3,(H,23,29)(H,24,30)(H,25,31)(H,32,33)/i3+1,4+1,6+1,7+1,9+1,10+1,11+1,16+1,18+1,19+1,20+1,24+1,25+1,28+1. The van der Waals surface area contributed by atoms with Gasteiger partial charge in [-0.2, -0.15) is 0 Å². The van der Waals surface area contributed by atoms with Crippen molar-refractivity contribution in [3.05, 3.63) is 0 Å². The molecule has 0 aromatic rings. The Morgan fingerprint density at radius 3 is 2.06 bits per heavy atom. The Morgan fingerprint density at radius 2 is 1.42 bits per heavy atom. The van der Waals surface area contributed by atoms with E-state index in [1.165, 1.54) is 0 Å². The molecule has 11 nitrogen and oxygen atoms in total. The van der Waals surface area contributed by atoms with Crippen LogP contribution in [-0.4, -0.2) is 122 Å². The van der Waals surface area contributed by atoms with E-state index < -0.39 is 5.97 Å². The number of carbonyl (C=O) groups excluding carboxylic acids is 3. The maximum atomic E-state index is 12.3. The lowest BCUT2D eigenvalue weighted by Gasteiger charge is -2.36. The lowest BCUT2D eigenvalue weighted by Crippen LogP contribution is -2.50. The lowest BCUT2D eigenvalue weighted by atomic mass is 10.3. The van der Waals surface area contributed by atoms with Crippen LogP contribution in [0.3, 0.4) is 0 Å². The number of likely N-dealkylation sites (tertiary alicyclic amines) is 1. The third-order valence-corrected chi connectivity index (χ3v) is 6.15. The van der Waals surface area contributed by atoms with Crippen LogP contribution in [0.2, 0.25) is 0 Å². The molecule has 2 rings (SSSR count). The minimum atomic E-state index is -0.894. The Hall–Kier alpha value is -2.24. The van der Waals surface area contributed by atoms with Crippen molar-refractivity contribution in [3.63, 3.8) is 0 Å². The number of nitrogens with zero attached hydrogens (tertiary/aromatic N) is 3. The van der Waals surface area contributed by atoms with Crippen molar-refractivity contribution < 1.29 is 24.3 Å². The number of carboxylic acid groups (broad SMARTS) is 1. The molecule has 0 aliphatic carbocycles. The molecule has 0 bridgehead atoms. The third-order valence-electron chi connectivity index (χ3n) is 6.15. The van der Waals surface area contributed by atoms with Gasteiger partial charge in [-0.25, -0.2) is 0 Å². The number of aliphatic carboxylic acids is 1. The molecule has 2 saturated heterocycles. The van der Waals surface area contributed by atoms with Crippen LogP contribution in [0, 0.1) is 0 Å². The van der Waals surface area contributed by atoms with Crippen molar-refractivity contribution in [2.24, 2.45) is 0 Å². The number of hydrogen-bond acceptors (Lipinski definition) is 7. The normalized spacial score (nSPS) is 19.8. The molecule has 1 unspecified atom stereocenters. The molecule has 2 aliphatic rings. The molecule has 0 radical (unpaired) electrons. The molecular weight excluding hydrogens is 442 g/mol. The molecule has 0 saturated carbocycles. The number of piperazine rings is 1. The van der Waals surface area contributed by atoms with Crippen molar-refractivity contribution in [2.75, 3.05) is 72.5 Å². The first-order chi connectivity index (χ1) is 15.8. The van der Waals surface area contributed by atoms with E-state index in [0.717, 1.165) is 52.1 Å². The number of carbonyl (C=O) groups is 4. The van der Waals surface area contributed by atoms with Gasteiger partial charge in [0.15, 0.2) is 0 Å². The molecule has 1 atom stereocenters. The molecular formula is C22H40N6O5. The average Bonchev–Trinajstić information content (AvgIpc) is 3.19. The predicted molar refractivity (Wildman–Crippen MR) is 124 cm³/mol. The Kier molecular flexibility index (Phi) is 12.1. The summed E-state index contributed by atoms with van der Waals surface area (Å²) in [5, 5.41) is 16.6. The molecule has 0 spiro atoms. The number of amides is 3. The molecule has 2 heterocycles. The van der Waals surface area contributed by atoms with E-state index in [-0.39, 0.29) is 50.1 Å². The summed E-state index contributed by atoms with van der Waals surface area (Å²) in [6.45, 7) is 7.42. The van der Waals surface area contributed by atoms with Crippen molar-refractivity contribution >= 4 is 23.7 Å². The van der Waals surface area contributed by atoms with Gasteiger partial charge in [-0.05, 0) is 32.9 Å². The Balaban J connectivity index is 1.52. The molecule has 33 heavy (non-hydrogen) atoms. The van der Waals surface area contributed by atoms with Gasteiger partial charge in [0.2, 0.25) is 17.7 Å². The number of likely N-dealkylation sites (N-methyl/N-ethyl adjacent to an activating group) is 1. The summed E-state index contributed by atoms with van der Waals surface area (Å²) in [6, 6.07) is 0.415. The van der Waals surface area contributed by atoms with Gasteiger partial charge in [0.25, 0.3) is 0 Å². The zero-order chi connectivity index (χ0) is 24.1. The van der Waals surface area contributed by atoms with Crippen LogP contribution in [0.5, 0.6) is 0 Å². The van der Waals surface area contributed by atoms with Gasteiger partial charge >= 0.3 is 5.97 Å². The highest BCUT2D eigenvalue weighted by atomic mass is 16.4. The van der Waals surface area contributed by atoms with Crippen molar-refractivity contribution in [3.8, 4) is 0 Å². The van der Waals surface area contributed by atoms with Gasteiger partial charge < -0.3 is 26.0 Å². The second kappa shape index (κ2) is 14.8. The Labute approximate surface area is 196 Å². The van der Waals surface area contributed by atoms with Crippen LogP contribution < -0.4 is 16.0 Å². The van der Waals surface area contributed by atoms with Gasteiger partial charge in [0.1, 0.15) is 0 Å². The molecule has 188 valence electrons. The average molecular weight is 482 g/mol. The van der Waals surface area contributed by atoms with E-state index >= 15 is 0 Å². The van der Waals surface area contributed by atoms with Crippen LogP contribution in [0.1, 0.15) is 38.5 Å². The van der Waals surface area contributed by atoms with Gasteiger partial charge in [-0.15, -0.1) is 0 Å². The minimum Gasteiger partial charge on any atom is -0.481 e. The summed E-state index contributed by atoms with van der Waals surface area (Å²) < 4.78 is 0. The Bertz CT molecular complexity index is 653. The summed E-state index contributed by atoms with van der Waals surface area (Å²) in [4.78, 5) is 53.4. The van der Waals surface area contributed by atoms with Crippen LogP contribution in [0.4, 0.5) is 0 Å². The summed E-state index contributed by atoms with van der Waals surface area (Å²) in [5.74, 6) is -1.41. The van der Waals surface area contributed by atoms with Crippen LogP contribution in [-0.2, 0) is 19.2 Å². The van der Waals surface area contributed by atoms with E-state index in [0.29, 0.717) is 25.6 Å². The number of rotatable bonds is 14. The molecule has 0 aromatic carbocycles. The summed E-state index contributed by atoms with van der Waals surface area (Å²) in [5.41, 5.74) is 0. The predicted octanol–water partition coefficient (Wildman–Crippen LogP) is -1.31. The van der Waals surface area contributed by atoms with Crippen LogP contribution in [0.15, 0.2) is 0 Å². The summed E-state index contributed by atoms with van der Waals surface area (Å²) in [7, 11) is 2.15. The van der Waals surface area contributed by atoms with E-state index in [1.54, 1.807) is 0 Å². The molecule has 11 heteroatoms. The van der Waals surface area contributed by atoms with Gasteiger partial charge in [0.05, 0.1) is 6.54 Å². The maximum absolute atomic E-state index is 12.3. The van der Waals surface area contributed by atoms with E-state index in [4.69, 9.17) is 5.11 Å². The summed E-state index contributed by atoms with van der Waals surface area (Å²) in [6.07, 6.45) is 2.92. The molecule has 3 amide bonds. The quantitative estimate of drug-likeness (QED) is 0.136. The molecule has 0 aromatic heterocycles. The van der Waals surface area contributed by atoms with Gasteiger partial charge in [-0.1, -0.05) is 0 Å². The molecule has 4 N–H and O–H groups in total.